The van der Waals surface area contributed by atoms with Gasteiger partial charge in [0.2, 0.25) is 17.7 Å². The maximum atomic E-state index is 13.9. The van der Waals surface area contributed by atoms with Gasteiger partial charge < -0.3 is 26.0 Å². The third kappa shape index (κ3) is 8.22. The maximum absolute atomic E-state index is 13.9. The SMILES string of the molecule is CC(C)(CC(=O)NC1CCc2ccccc2N(Cc2ccc(-c3ccccc3C(N)=O)cc2)C1=O)NC(=O)OC(C)(C)C. The second kappa shape index (κ2) is 12.7. The van der Waals surface area contributed by atoms with Gasteiger partial charge in [-0.1, -0.05) is 60.7 Å². The second-order valence-electron chi connectivity index (χ2n) is 12.5. The van der Waals surface area contributed by atoms with E-state index in [1.807, 2.05) is 60.7 Å². The van der Waals surface area contributed by atoms with Crippen LogP contribution in [0.3, 0.4) is 0 Å². The zero-order valence-corrected chi connectivity index (χ0v) is 25.4. The van der Waals surface area contributed by atoms with Crippen LogP contribution in [0.5, 0.6) is 0 Å². The Bertz CT molecular complexity index is 1510. The van der Waals surface area contributed by atoms with E-state index < -0.39 is 29.2 Å². The van der Waals surface area contributed by atoms with Gasteiger partial charge in [-0.25, -0.2) is 4.79 Å². The number of hydrogen-bond acceptors (Lipinski definition) is 5. The third-order valence-electron chi connectivity index (χ3n) is 7.12. The highest BCUT2D eigenvalue weighted by Gasteiger charge is 2.33. The topological polar surface area (TPSA) is 131 Å². The fourth-order valence-electron chi connectivity index (χ4n) is 5.21. The van der Waals surface area contributed by atoms with Crippen LogP contribution in [-0.4, -0.2) is 41.0 Å². The Balaban J connectivity index is 1.50. The van der Waals surface area contributed by atoms with E-state index in [9.17, 15) is 19.2 Å². The molecular weight excluding hydrogens is 544 g/mol. The molecule has 0 spiro atoms. The van der Waals surface area contributed by atoms with Gasteiger partial charge in [0, 0.05) is 23.2 Å². The molecule has 3 aromatic rings. The minimum Gasteiger partial charge on any atom is -0.444 e. The van der Waals surface area contributed by atoms with E-state index in [1.54, 1.807) is 51.7 Å². The molecule has 3 aromatic carbocycles. The van der Waals surface area contributed by atoms with Crippen molar-refractivity contribution in [2.24, 2.45) is 5.73 Å². The van der Waals surface area contributed by atoms with Crippen LogP contribution in [0.15, 0.2) is 72.8 Å². The van der Waals surface area contributed by atoms with E-state index in [4.69, 9.17) is 10.5 Å². The summed E-state index contributed by atoms with van der Waals surface area (Å²) in [5.41, 5.74) is 8.75. The molecule has 0 aromatic heterocycles. The highest BCUT2D eigenvalue weighted by Crippen LogP contribution is 2.30. The number of nitrogens with zero attached hydrogens (tertiary/aromatic N) is 1. The lowest BCUT2D eigenvalue weighted by Crippen LogP contribution is -2.52. The number of para-hydroxylation sites is 1. The smallest absolute Gasteiger partial charge is 0.408 e. The van der Waals surface area contributed by atoms with Crippen LogP contribution in [-0.2, 0) is 27.3 Å². The molecule has 1 unspecified atom stereocenters. The Morgan fingerprint density at radius 3 is 2.26 bits per heavy atom. The molecule has 9 nitrogen and oxygen atoms in total. The lowest BCUT2D eigenvalue weighted by Gasteiger charge is -2.29. The Morgan fingerprint density at radius 1 is 0.930 bits per heavy atom. The Kier molecular flexibility index (Phi) is 9.23. The molecule has 0 saturated heterocycles. The van der Waals surface area contributed by atoms with Crippen LogP contribution in [0.1, 0.15) is 68.9 Å². The lowest BCUT2D eigenvalue weighted by atomic mass is 9.98. The molecule has 1 atom stereocenters. The summed E-state index contributed by atoms with van der Waals surface area (Å²) >= 11 is 0. The van der Waals surface area contributed by atoms with Crippen LogP contribution in [0.25, 0.3) is 11.1 Å². The van der Waals surface area contributed by atoms with Gasteiger partial charge in [0.25, 0.3) is 0 Å². The number of alkyl carbamates (subject to hydrolysis) is 1. The number of benzene rings is 3. The predicted octanol–water partition coefficient (Wildman–Crippen LogP) is 5.11. The van der Waals surface area contributed by atoms with Crippen LogP contribution in [0, 0.1) is 0 Å². The molecule has 43 heavy (non-hydrogen) atoms. The number of carbonyl (C=O) groups is 4. The number of hydrogen-bond donors (Lipinski definition) is 3. The Morgan fingerprint density at radius 2 is 1.58 bits per heavy atom. The number of aryl methyl sites for hydroxylation is 1. The van der Waals surface area contributed by atoms with Crippen molar-refractivity contribution >= 4 is 29.5 Å². The van der Waals surface area contributed by atoms with Crippen LogP contribution in [0.4, 0.5) is 10.5 Å². The average molecular weight is 585 g/mol. The monoisotopic (exact) mass is 584 g/mol. The summed E-state index contributed by atoms with van der Waals surface area (Å²) in [5.74, 6) is -1.05. The quantitative estimate of drug-likeness (QED) is 0.339. The minimum absolute atomic E-state index is 0.0305. The van der Waals surface area contributed by atoms with E-state index in [-0.39, 0.29) is 18.2 Å². The normalized spacial score (nSPS) is 15.2. The molecule has 4 amide bonds. The summed E-state index contributed by atoms with van der Waals surface area (Å²) in [5, 5.41) is 5.66. The van der Waals surface area contributed by atoms with Gasteiger partial charge in [0.15, 0.2) is 0 Å². The van der Waals surface area contributed by atoms with E-state index in [1.165, 1.54) is 0 Å². The highest BCUT2D eigenvalue weighted by atomic mass is 16.6. The van der Waals surface area contributed by atoms with Crippen LogP contribution in [0.2, 0.25) is 0 Å². The number of carbonyl (C=O) groups excluding carboxylic acids is 4. The first-order chi connectivity index (χ1) is 20.2. The first-order valence-electron chi connectivity index (χ1n) is 14.4. The van der Waals surface area contributed by atoms with E-state index >= 15 is 0 Å². The number of primary amides is 1. The van der Waals surface area contributed by atoms with E-state index in [0.717, 1.165) is 27.9 Å². The first-order valence-corrected chi connectivity index (χ1v) is 14.4. The molecule has 4 rings (SSSR count). The highest BCUT2D eigenvalue weighted by molar-refractivity contribution is 6.01. The molecule has 4 N–H and O–H groups in total. The van der Waals surface area contributed by atoms with Gasteiger partial charge in [-0.2, -0.15) is 0 Å². The van der Waals surface area contributed by atoms with Crippen molar-refractivity contribution in [2.45, 2.75) is 77.6 Å². The van der Waals surface area contributed by atoms with Crippen LogP contribution < -0.4 is 21.3 Å². The van der Waals surface area contributed by atoms with Gasteiger partial charge in [0.05, 0.1) is 6.54 Å². The largest absolute Gasteiger partial charge is 0.444 e. The van der Waals surface area contributed by atoms with Gasteiger partial charge in [-0.3, -0.25) is 14.4 Å². The van der Waals surface area contributed by atoms with Gasteiger partial charge in [-0.15, -0.1) is 0 Å². The molecule has 1 aliphatic rings. The molecule has 0 saturated carbocycles. The number of nitrogens with two attached hydrogens (primary N) is 1. The Labute approximate surface area is 252 Å². The summed E-state index contributed by atoms with van der Waals surface area (Å²) < 4.78 is 5.33. The van der Waals surface area contributed by atoms with Crippen molar-refractivity contribution in [1.29, 1.82) is 0 Å². The number of anilines is 1. The zero-order chi connectivity index (χ0) is 31.4. The predicted molar refractivity (Wildman–Crippen MR) is 166 cm³/mol. The van der Waals surface area contributed by atoms with E-state index in [2.05, 4.69) is 10.6 Å². The van der Waals surface area contributed by atoms with Crippen molar-refractivity contribution in [1.82, 2.24) is 10.6 Å². The molecular formula is C34H40N4O5. The molecule has 0 aliphatic carbocycles. The first kappa shape index (κ1) is 31.3. The summed E-state index contributed by atoms with van der Waals surface area (Å²) in [6, 6.07) is 21.8. The van der Waals surface area contributed by atoms with Gasteiger partial charge >= 0.3 is 6.09 Å². The van der Waals surface area contributed by atoms with Crippen LogP contribution >= 0.6 is 0 Å². The van der Waals surface area contributed by atoms with Crippen molar-refractivity contribution in [2.75, 3.05) is 4.90 Å². The summed E-state index contributed by atoms with van der Waals surface area (Å²) in [4.78, 5) is 53.0. The fraction of sp³-hybridized carbons (Fsp3) is 0.353. The fourth-order valence-corrected chi connectivity index (χ4v) is 5.21. The summed E-state index contributed by atoms with van der Waals surface area (Å²) in [6.07, 6.45) is 0.422. The van der Waals surface area contributed by atoms with Crippen molar-refractivity contribution in [3.8, 4) is 11.1 Å². The molecule has 1 heterocycles. The molecule has 9 heteroatoms. The third-order valence-corrected chi connectivity index (χ3v) is 7.12. The Hall–Kier alpha value is -4.66. The molecule has 0 bridgehead atoms. The summed E-state index contributed by atoms with van der Waals surface area (Å²) in [6.45, 7) is 9.07. The summed E-state index contributed by atoms with van der Waals surface area (Å²) in [7, 11) is 0. The molecule has 1 aliphatic heterocycles. The molecule has 0 radical (unpaired) electrons. The lowest BCUT2D eigenvalue weighted by molar-refractivity contribution is -0.128. The number of nitrogens with one attached hydrogen (secondary N) is 2. The maximum Gasteiger partial charge on any atom is 0.408 e. The number of rotatable bonds is 8. The molecule has 0 fully saturated rings. The van der Waals surface area contributed by atoms with E-state index in [0.29, 0.717) is 24.9 Å². The zero-order valence-electron chi connectivity index (χ0n) is 25.4. The standard InChI is InChI=1S/C34H40N4O5/c1-33(2,3)43-32(42)37-34(4,5)20-29(39)36-27-19-18-24-10-6-9-13-28(24)38(31(27)41)21-22-14-16-23(17-15-22)25-11-7-8-12-26(25)30(35)40/h6-17,27H,18-21H2,1-5H3,(H2,35,40)(H,36,39)(H,37,42). The average Bonchev–Trinajstić information content (AvgIpc) is 3.04. The van der Waals surface area contributed by atoms with Gasteiger partial charge in [-0.05, 0) is 81.8 Å². The van der Waals surface area contributed by atoms with Gasteiger partial charge in [0.1, 0.15) is 11.6 Å². The van der Waals surface area contributed by atoms with Crippen molar-refractivity contribution in [3.63, 3.8) is 0 Å². The number of ether oxygens (including phenoxy) is 1. The number of amides is 4. The number of fused-ring (bicyclic) bond motifs is 1. The minimum atomic E-state index is -0.891. The second-order valence-corrected chi connectivity index (χ2v) is 12.5. The van der Waals surface area contributed by atoms with Crippen molar-refractivity contribution in [3.05, 3.63) is 89.5 Å². The van der Waals surface area contributed by atoms with Crippen molar-refractivity contribution < 1.29 is 23.9 Å². The molecule has 226 valence electrons.